The first-order valence-corrected chi connectivity index (χ1v) is 7.82. The molecular weight excluding hydrogens is 258 g/mol. The smallest absolute Gasteiger partial charge is 0.155 e. The van der Waals surface area contributed by atoms with Crippen molar-refractivity contribution < 1.29 is 0 Å². The zero-order valence-electron chi connectivity index (χ0n) is 11.8. The topological polar surface area (TPSA) is 29.0 Å². The maximum atomic E-state index is 6.07. The Kier molecular flexibility index (Phi) is 3.66. The first-order valence-electron chi connectivity index (χ1n) is 7.44. The van der Waals surface area contributed by atoms with E-state index in [1.165, 1.54) is 44.1 Å². The van der Waals surface area contributed by atoms with Crippen molar-refractivity contribution in [2.75, 3.05) is 11.4 Å². The molecule has 2 fully saturated rings. The summed E-state index contributed by atoms with van der Waals surface area (Å²) >= 11 is 6.07. The highest BCUT2D eigenvalue weighted by atomic mass is 35.5. The van der Waals surface area contributed by atoms with Crippen LogP contribution in [0.1, 0.15) is 49.7 Å². The van der Waals surface area contributed by atoms with Crippen molar-refractivity contribution in [2.45, 2.75) is 58.4 Å². The summed E-state index contributed by atoms with van der Waals surface area (Å²) in [6.45, 7) is 5.29. The second kappa shape index (κ2) is 5.28. The van der Waals surface area contributed by atoms with E-state index in [2.05, 4.69) is 22.0 Å². The first kappa shape index (κ1) is 13.2. The minimum atomic E-state index is 0.540. The molecule has 0 aromatic carbocycles. The molecule has 0 radical (unpaired) electrons. The third kappa shape index (κ3) is 2.33. The van der Waals surface area contributed by atoms with Gasteiger partial charge in [0, 0.05) is 12.6 Å². The molecule has 2 unspecified atom stereocenters. The number of anilines is 1. The number of hydrogen-bond donors (Lipinski definition) is 0. The van der Waals surface area contributed by atoms with Gasteiger partial charge in [-0.15, -0.1) is 10.2 Å². The fourth-order valence-corrected chi connectivity index (χ4v) is 3.90. The molecule has 1 aliphatic heterocycles. The Morgan fingerprint density at radius 2 is 1.74 bits per heavy atom. The van der Waals surface area contributed by atoms with E-state index in [-0.39, 0.29) is 0 Å². The summed E-state index contributed by atoms with van der Waals surface area (Å²) in [6, 6.07) is 0.677. The SMILES string of the molecule is Cc1c(Cl)nnc(N2CCCC3CCCCC32)c1C. The van der Waals surface area contributed by atoms with Crippen LogP contribution in [-0.2, 0) is 0 Å². The Balaban J connectivity index is 1.94. The lowest BCUT2D eigenvalue weighted by molar-refractivity contribution is 0.242. The molecule has 4 heteroatoms. The van der Waals surface area contributed by atoms with Crippen LogP contribution < -0.4 is 4.90 Å². The number of aromatic nitrogens is 2. The van der Waals surface area contributed by atoms with Gasteiger partial charge in [-0.3, -0.25) is 0 Å². The van der Waals surface area contributed by atoms with Crippen molar-refractivity contribution in [2.24, 2.45) is 5.92 Å². The summed E-state index contributed by atoms with van der Waals surface area (Å²) in [7, 11) is 0. The molecule has 0 amide bonds. The Hall–Kier alpha value is -0.830. The van der Waals surface area contributed by atoms with Crippen LogP contribution in [0, 0.1) is 19.8 Å². The van der Waals surface area contributed by atoms with Gasteiger partial charge >= 0.3 is 0 Å². The standard InChI is InChI=1S/C15H22ClN3/c1-10-11(2)15(18-17-14(10)16)19-9-5-7-12-6-3-4-8-13(12)19/h12-13H,3-9H2,1-2H3. The van der Waals surface area contributed by atoms with E-state index in [9.17, 15) is 0 Å². The van der Waals surface area contributed by atoms with Gasteiger partial charge in [0.25, 0.3) is 0 Å². The lowest BCUT2D eigenvalue weighted by Gasteiger charge is -2.45. The van der Waals surface area contributed by atoms with E-state index < -0.39 is 0 Å². The second-order valence-corrected chi connectivity index (χ2v) is 6.37. The van der Waals surface area contributed by atoms with E-state index in [1.807, 2.05) is 6.92 Å². The predicted molar refractivity (Wildman–Crippen MR) is 78.8 cm³/mol. The quantitative estimate of drug-likeness (QED) is 0.780. The zero-order valence-corrected chi connectivity index (χ0v) is 12.6. The molecule has 1 saturated heterocycles. The number of fused-ring (bicyclic) bond motifs is 1. The molecule has 3 rings (SSSR count). The molecule has 1 aromatic rings. The van der Waals surface area contributed by atoms with Gasteiger partial charge in [0.05, 0.1) is 0 Å². The van der Waals surface area contributed by atoms with Gasteiger partial charge in [-0.2, -0.15) is 0 Å². The molecule has 2 heterocycles. The van der Waals surface area contributed by atoms with Crippen LogP contribution in [0.4, 0.5) is 5.82 Å². The first-order chi connectivity index (χ1) is 9.18. The van der Waals surface area contributed by atoms with Gasteiger partial charge in [0.2, 0.25) is 0 Å². The lowest BCUT2D eigenvalue weighted by Crippen LogP contribution is -2.47. The molecule has 104 valence electrons. The fraction of sp³-hybridized carbons (Fsp3) is 0.733. The molecule has 1 aliphatic carbocycles. The van der Waals surface area contributed by atoms with Crippen molar-refractivity contribution in [3.05, 3.63) is 16.3 Å². The Morgan fingerprint density at radius 3 is 2.58 bits per heavy atom. The average molecular weight is 280 g/mol. The molecule has 0 N–H and O–H groups in total. The zero-order chi connectivity index (χ0) is 13.4. The van der Waals surface area contributed by atoms with E-state index in [0.717, 1.165) is 23.8 Å². The highest BCUT2D eigenvalue weighted by Gasteiger charge is 2.34. The van der Waals surface area contributed by atoms with Crippen LogP contribution in [0.3, 0.4) is 0 Å². The molecule has 2 aliphatic rings. The minimum absolute atomic E-state index is 0.540. The Bertz CT molecular complexity index is 473. The summed E-state index contributed by atoms with van der Waals surface area (Å²) in [6.07, 6.45) is 8.13. The van der Waals surface area contributed by atoms with Gasteiger partial charge < -0.3 is 4.90 Å². The molecular formula is C15H22ClN3. The highest BCUT2D eigenvalue weighted by molar-refractivity contribution is 6.30. The lowest BCUT2D eigenvalue weighted by atomic mass is 9.78. The van der Waals surface area contributed by atoms with E-state index >= 15 is 0 Å². The van der Waals surface area contributed by atoms with Gasteiger partial charge in [0.15, 0.2) is 11.0 Å². The normalized spacial score (nSPS) is 27.2. The maximum absolute atomic E-state index is 6.07. The predicted octanol–water partition coefficient (Wildman–Crippen LogP) is 3.91. The summed E-state index contributed by atoms with van der Waals surface area (Å²) in [5.74, 6) is 1.93. The molecule has 0 spiro atoms. The summed E-state index contributed by atoms with van der Waals surface area (Å²) < 4.78 is 0. The Labute approximate surface area is 120 Å². The fourth-order valence-electron chi connectivity index (χ4n) is 3.72. The van der Waals surface area contributed by atoms with Crippen LogP contribution in [0.15, 0.2) is 0 Å². The third-order valence-electron chi connectivity index (χ3n) is 4.96. The van der Waals surface area contributed by atoms with Crippen molar-refractivity contribution in [1.29, 1.82) is 0 Å². The molecule has 2 atom stereocenters. The average Bonchev–Trinajstić information content (AvgIpc) is 2.45. The van der Waals surface area contributed by atoms with Crippen molar-refractivity contribution in [1.82, 2.24) is 10.2 Å². The number of nitrogens with zero attached hydrogens (tertiary/aromatic N) is 3. The van der Waals surface area contributed by atoms with Crippen LogP contribution in [-0.4, -0.2) is 22.8 Å². The third-order valence-corrected chi connectivity index (χ3v) is 5.31. The number of piperidine rings is 1. The minimum Gasteiger partial charge on any atom is -0.352 e. The van der Waals surface area contributed by atoms with Crippen molar-refractivity contribution in [3.8, 4) is 0 Å². The number of hydrogen-bond acceptors (Lipinski definition) is 3. The summed E-state index contributed by atoms with van der Waals surface area (Å²) in [4.78, 5) is 2.51. The van der Waals surface area contributed by atoms with Crippen LogP contribution in [0.25, 0.3) is 0 Å². The maximum Gasteiger partial charge on any atom is 0.155 e. The van der Waals surface area contributed by atoms with Gasteiger partial charge in [-0.05, 0) is 56.6 Å². The van der Waals surface area contributed by atoms with Gasteiger partial charge in [0.1, 0.15) is 0 Å². The summed E-state index contributed by atoms with van der Waals surface area (Å²) in [5.41, 5.74) is 2.27. The van der Waals surface area contributed by atoms with Crippen LogP contribution in [0.2, 0.25) is 5.15 Å². The molecule has 1 saturated carbocycles. The molecule has 19 heavy (non-hydrogen) atoms. The van der Waals surface area contributed by atoms with E-state index in [0.29, 0.717) is 11.2 Å². The van der Waals surface area contributed by atoms with Crippen molar-refractivity contribution in [3.63, 3.8) is 0 Å². The summed E-state index contributed by atoms with van der Waals surface area (Å²) in [5, 5.41) is 9.06. The van der Waals surface area contributed by atoms with Crippen LogP contribution in [0.5, 0.6) is 0 Å². The second-order valence-electron chi connectivity index (χ2n) is 6.01. The number of halogens is 1. The molecule has 1 aromatic heterocycles. The van der Waals surface area contributed by atoms with E-state index in [1.54, 1.807) is 0 Å². The largest absolute Gasteiger partial charge is 0.352 e. The van der Waals surface area contributed by atoms with Crippen molar-refractivity contribution >= 4 is 17.4 Å². The number of rotatable bonds is 1. The Morgan fingerprint density at radius 1 is 1.00 bits per heavy atom. The van der Waals surface area contributed by atoms with Crippen LogP contribution >= 0.6 is 11.6 Å². The van der Waals surface area contributed by atoms with Gasteiger partial charge in [-0.1, -0.05) is 24.4 Å². The van der Waals surface area contributed by atoms with Gasteiger partial charge in [-0.25, -0.2) is 0 Å². The van der Waals surface area contributed by atoms with E-state index in [4.69, 9.17) is 11.6 Å². The monoisotopic (exact) mass is 279 g/mol. The highest BCUT2D eigenvalue weighted by Crippen LogP contribution is 2.38. The molecule has 3 nitrogen and oxygen atoms in total. The molecule has 0 bridgehead atoms.